The summed E-state index contributed by atoms with van der Waals surface area (Å²) in [5.74, 6) is 0. The van der Waals surface area contributed by atoms with Gasteiger partial charge < -0.3 is 24.8 Å². The van der Waals surface area contributed by atoms with E-state index in [1.54, 1.807) is 0 Å². The molecule has 5 aromatic carbocycles. The maximum atomic E-state index is 2.39. The summed E-state index contributed by atoms with van der Waals surface area (Å²) in [7, 11) is 0. The fourth-order valence-electron chi connectivity index (χ4n) is 4.25. The average molecular weight is 496 g/mol. The monoisotopic (exact) mass is 493 g/mol. The van der Waals surface area contributed by atoms with Gasteiger partial charge in [-0.15, -0.1) is 34.5 Å². The molecule has 0 unspecified atom stereocenters. The fourth-order valence-corrected chi connectivity index (χ4v) is 4.25. The van der Waals surface area contributed by atoms with E-state index in [0.29, 0.717) is 0 Å². The molecule has 0 atom stereocenters. The molecule has 0 spiro atoms. The van der Waals surface area contributed by atoms with Gasteiger partial charge in [0.05, 0.1) is 0 Å². The van der Waals surface area contributed by atoms with Crippen LogP contribution in [-0.2, 0) is 32.6 Å². The van der Waals surface area contributed by atoms with Crippen LogP contribution in [0, 0.1) is 0 Å². The first kappa shape index (κ1) is 23.7. The molecule has 1 radical (unpaired) electrons. The minimum absolute atomic E-state index is 0. The molecular weight excluding hydrogens is 474 g/mol. The molecule has 0 saturated heterocycles. The third-order valence-corrected chi connectivity index (χ3v) is 5.39. The van der Waals surface area contributed by atoms with Gasteiger partial charge in [-0.05, 0) is 39.6 Å². The third kappa shape index (κ3) is 4.20. The second-order valence-electron chi connectivity index (χ2n) is 7.12. The molecule has 0 aromatic heterocycles. The number of rotatable bonds is 3. The molecule has 0 aliphatic rings. The van der Waals surface area contributed by atoms with Crippen LogP contribution in [0.3, 0.4) is 0 Å². The minimum atomic E-state index is 0. The van der Waals surface area contributed by atoms with Crippen LogP contribution in [0.2, 0.25) is 0 Å². The number of halogens is 2. The van der Waals surface area contributed by atoms with Crippen LogP contribution in [0.15, 0.2) is 84.9 Å². The molecule has 0 aliphatic heterocycles. The van der Waals surface area contributed by atoms with Gasteiger partial charge in [-0.25, -0.2) is 0 Å². The Morgan fingerprint density at radius 1 is 0.690 bits per heavy atom. The molecule has 0 amide bonds. The first-order chi connectivity index (χ1) is 12.8. The van der Waals surface area contributed by atoms with Gasteiger partial charge in [-0.2, -0.15) is 6.07 Å². The molecular formula is C26H21Cl2Zr. The van der Waals surface area contributed by atoms with E-state index < -0.39 is 0 Å². The summed E-state index contributed by atoms with van der Waals surface area (Å²) >= 11 is 0. The van der Waals surface area contributed by atoms with Crippen molar-refractivity contribution < 1.29 is 51.0 Å². The Kier molecular flexibility index (Phi) is 8.18. The van der Waals surface area contributed by atoms with Crippen molar-refractivity contribution in [2.75, 3.05) is 0 Å². The molecule has 5 aromatic rings. The van der Waals surface area contributed by atoms with Crippen LogP contribution in [0.25, 0.3) is 43.4 Å². The molecule has 143 valence electrons. The summed E-state index contributed by atoms with van der Waals surface area (Å²) in [6.45, 7) is 2.25. The number of fused-ring (bicyclic) bond motifs is 3. The normalized spacial score (nSPS) is 10.4. The summed E-state index contributed by atoms with van der Waals surface area (Å²) < 4.78 is 0. The van der Waals surface area contributed by atoms with E-state index in [1.165, 1.54) is 55.4 Å². The zero-order valence-corrected chi connectivity index (χ0v) is 20.2. The topological polar surface area (TPSA) is 0 Å². The van der Waals surface area contributed by atoms with E-state index in [4.69, 9.17) is 0 Å². The predicted octanol–water partition coefficient (Wildman–Crippen LogP) is 1.49. The van der Waals surface area contributed by atoms with Gasteiger partial charge >= 0.3 is 26.2 Å². The Balaban J connectivity index is 0.000001000. The zero-order chi connectivity index (χ0) is 17.5. The van der Waals surface area contributed by atoms with E-state index in [-0.39, 0.29) is 51.0 Å². The molecule has 0 aliphatic carbocycles. The van der Waals surface area contributed by atoms with Crippen LogP contribution in [0.1, 0.15) is 18.9 Å². The molecule has 0 fully saturated rings. The predicted molar refractivity (Wildman–Crippen MR) is 114 cm³/mol. The van der Waals surface area contributed by atoms with E-state index in [1.807, 2.05) is 0 Å². The van der Waals surface area contributed by atoms with Gasteiger partial charge in [0.1, 0.15) is 0 Å². The van der Waals surface area contributed by atoms with Crippen LogP contribution in [0.5, 0.6) is 0 Å². The van der Waals surface area contributed by atoms with Gasteiger partial charge in [-0.1, -0.05) is 73.5 Å². The van der Waals surface area contributed by atoms with E-state index in [2.05, 4.69) is 91.9 Å². The fraction of sp³-hybridized carbons (Fsp3) is 0.115. The Bertz CT molecular complexity index is 1200. The maximum absolute atomic E-state index is 2.39. The molecule has 0 N–H and O–H groups in total. The molecule has 0 saturated carbocycles. The van der Waals surface area contributed by atoms with Crippen molar-refractivity contribution in [1.29, 1.82) is 0 Å². The van der Waals surface area contributed by atoms with Crippen LogP contribution >= 0.6 is 0 Å². The van der Waals surface area contributed by atoms with Crippen molar-refractivity contribution in [3.63, 3.8) is 0 Å². The van der Waals surface area contributed by atoms with E-state index >= 15 is 0 Å². The van der Waals surface area contributed by atoms with Crippen LogP contribution in [-0.4, -0.2) is 0 Å². The second kappa shape index (κ2) is 9.99. The van der Waals surface area contributed by atoms with E-state index in [9.17, 15) is 0 Å². The van der Waals surface area contributed by atoms with Crippen molar-refractivity contribution in [3.8, 4) is 11.1 Å². The summed E-state index contributed by atoms with van der Waals surface area (Å²) in [6, 6.07) is 31.3. The van der Waals surface area contributed by atoms with Crippen LogP contribution in [0.4, 0.5) is 0 Å². The standard InChI is InChI=1S/C26H21.2ClH.Zr/c1-2-8-18-15-19-11-7-14-24(25(19)16-18)26-22-12-5-3-9-20(22)17-21-10-4-6-13-23(21)26;;;/h3-7,9-17H,2,8H2,1H3;2*1H;/q-1;;;+3/p-2. The Hall–Kier alpha value is -1.53. The van der Waals surface area contributed by atoms with Crippen LogP contribution < -0.4 is 24.8 Å². The Morgan fingerprint density at radius 3 is 1.93 bits per heavy atom. The Labute approximate surface area is 203 Å². The second-order valence-corrected chi connectivity index (χ2v) is 7.12. The summed E-state index contributed by atoms with van der Waals surface area (Å²) in [5, 5.41) is 7.99. The van der Waals surface area contributed by atoms with Gasteiger partial charge in [0.2, 0.25) is 0 Å². The van der Waals surface area contributed by atoms with Gasteiger partial charge in [0.15, 0.2) is 0 Å². The molecule has 3 heteroatoms. The molecule has 0 heterocycles. The maximum Gasteiger partial charge on any atom is 3.00 e. The molecule has 0 bridgehead atoms. The number of hydrogen-bond donors (Lipinski definition) is 0. The van der Waals surface area contributed by atoms with Crippen molar-refractivity contribution in [3.05, 3.63) is 90.5 Å². The molecule has 5 rings (SSSR count). The van der Waals surface area contributed by atoms with E-state index in [0.717, 1.165) is 6.42 Å². The Morgan fingerprint density at radius 2 is 1.31 bits per heavy atom. The van der Waals surface area contributed by atoms with Gasteiger partial charge in [0, 0.05) is 0 Å². The first-order valence-corrected chi connectivity index (χ1v) is 9.44. The average Bonchev–Trinajstić information content (AvgIpc) is 3.09. The third-order valence-electron chi connectivity index (χ3n) is 5.39. The van der Waals surface area contributed by atoms with Crippen molar-refractivity contribution in [1.82, 2.24) is 0 Å². The van der Waals surface area contributed by atoms with Crippen molar-refractivity contribution in [2.45, 2.75) is 19.8 Å². The summed E-state index contributed by atoms with van der Waals surface area (Å²) in [4.78, 5) is 0. The van der Waals surface area contributed by atoms with Gasteiger partial charge in [-0.3, -0.25) is 0 Å². The number of benzene rings is 4. The van der Waals surface area contributed by atoms with Crippen molar-refractivity contribution in [2.24, 2.45) is 0 Å². The molecule has 0 nitrogen and oxygen atoms in total. The summed E-state index contributed by atoms with van der Waals surface area (Å²) in [6.07, 6.45) is 2.33. The van der Waals surface area contributed by atoms with Crippen molar-refractivity contribution >= 4 is 32.3 Å². The van der Waals surface area contributed by atoms with Gasteiger partial charge in [0.25, 0.3) is 0 Å². The zero-order valence-electron chi connectivity index (χ0n) is 16.3. The molecule has 29 heavy (non-hydrogen) atoms. The SMILES string of the molecule is CCCc1cc2c(-c3c4ccccc4cc4ccccc34)cccc2[cH-]1.[Cl-].[Cl-].[Zr+3]. The largest absolute Gasteiger partial charge is 3.00 e. The quantitative estimate of drug-likeness (QED) is 0.263. The minimum Gasteiger partial charge on any atom is -1.00 e. The first-order valence-electron chi connectivity index (χ1n) is 9.44. The number of aryl methyl sites for hydroxylation is 1. The summed E-state index contributed by atoms with van der Waals surface area (Å²) in [5.41, 5.74) is 4.15. The smallest absolute Gasteiger partial charge is 1.00 e. The number of hydrogen-bond acceptors (Lipinski definition) is 0.